The van der Waals surface area contributed by atoms with E-state index < -0.39 is 0 Å². The van der Waals surface area contributed by atoms with Crippen LogP contribution in [0.2, 0.25) is 0 Å². The highest BCUT2D eigenvalue weighted by molar-refractivity contribution is 5.95. The highest BCUT2D eigenvalue weighted by atomic mass is 16.2. The van der Waals surface area contributed by atoms with Crippen LogP contribution in [0.5, 0.6) is 0 Å². The number of nitrogens with zero attached hydrogens (tertiary/aromatic N) is 1. The predicted molar refractivity (Wildman–Crippen MR) is 85.2 cm³/mol. The first-order valence-electron chi connectivity index (χ1n) is 8.36. The van der Waals surface area contributed by atoms with Crippen molar-refractivity contribution in [3.8, 4) is 0 Å². The summed E-state index contributed by atoms with van der Waals surface area (Å²) in [6.45, 7) is 4.04. The van der Waals surface area contributed by atoms with Gasteiger partial charge in [0.15, 0.2) is 0 Å². The molecule has 0 bridgehead atoms. The minimum absolute atomic E-state index is 0.102. The maximum Gasteiger partial charge on any atom is 0.230 e. The van der Waals surface area contributed by atoms with Crippen LogP contribution < -0.4 is 5.32 Å². The molecule has 2 saturated carbocycles. The lowest BCUT2D eigenvalue weighted by Gasteiger charge is -2.46. The molecule has 3 rings (SSSR count). The largest absolute Gasteiger partial charge is 0.324 e. The minimum Gasteiger partial charge on any atom is -0.324 e. The summed E-state index contributed by atoms with van der Waals surface area (Å²) in [7, 11) is 0. The van der Waals surface area contributed by atoms with Crippen molar-refractivity contribution in [3.63, 3.8) is 0 Å². The van der Waals surface area contributed by atoms with E-state index in [9.17, 15) is 4.79 Å². The number of fused-ring (bicyclic) bond motifs is 1. The van der Waals surface area contributed by atoms with Crippen molar-refractivity contribution in [1.82, 2.24) is 4.98 Å². The molecule has 1 amide bonds. The number of carbonyl (C=O) groups excluding carboxylic acids is 1. The number of hydrogen-bond acceptors (Lipinski definition) is 2. The van der Waals surface area contributed by atoms with Gasteiger partial charge in [-0.1, -0.05) is 25.7 Å². The second-order valence-electron chi connectivity index (χ2n) is 6.93. The molecule has 0 radical (unpaired) electrons. The molecule has 2 aliphatic carbocycles. The highest BCUT2D eigenvalue weighted by Crippen LogP contribution is 2.51. The van der Waals surface area contributed by atoms with E-state index in [4.69, 9.17) is 0 Å². The molecular formula is C18H26N2O. The lowest BCUT2D eigenvalue weighted by Crippen LogP contribution is -2.46. The molecule has 3 heteroatoms. The fraction of sp³-hybridized carbons (Fsp3) is 0.667. The van der Waals surface area contributed by atoms with Gasteiger partial charge in [0.25, 0.3) is 0 Å². The third-order valence-corrected chi connectivity index (χ3v) is 5.68. The average molecular weight is 286 g/mol. The number of hydrogen-bond donors (Lipinski definition) is 1. The van der Waals surface area contributed by atoms with E-state index in [-0.39, 0.29) is 11.3 Å². The lowest BCUT2D eigenvalue weighted by atomic mass is 9.59. The van der Waals surface area contributed by atoms with Crippen LogP contribution in [0.3, 0.4) is 0 Å². The van der Waals surface area contributed by atoms with E-state index in [0.717, 1.165) is 29.8 Å². The molecule has 0 unspecified atom stereocenters. The molecule has 0 saturated heterocycles. The van der Waals surface area contributed by atoms with Gasteiger partial charge in [-0.2, -0.15) is 0 Å². The van der Waals surface area contributed by atoms with E-state index in [1.54, 1.807) is 6.20 Å². The maximum atomic E-state index is 13.0. The van der Waals surface area contributed by atoms with Gasteiger partial charge < -0.3 is 5.32 Å². The second-order valence-corrected chi connectivity index (χ2v) is 6.93. The Kier molecular flexibility index (Phi) is 4.01. The van der Waals surface area contributed by atoms with Crippen LogP contribution in [0.25, 0.3) is 0 Å². The van der Waals surface area contributed by atoms with Crippen LogP contribution in [0.4, 0.5) is 5.69 Å². The number of rotatable bonds is 2. The maximum absolute atomic E-state index is 13.0. The Bertz CT molecular complexity index is 526. The minimum atomic E-state index is -0.102. The summed E-state index contributed by atoms with van der Waals surface area (Å²) in [6, 6.07) is 2.04. The van der Waals surface area contributed by atoms with Gasteiger partial charge in [0.1, 0.15) is 0 Å². The molecule has 2 fully saturated rings. The first kappa shape index (κ1) is 14.6. The van der Waals surface area contributed by atoms with Gasteiger partial charge in [-0.3, -0.25) is 9.78 Å². The van der Waals surface area contributed by atoms with Gasteiger partial charge in [-0.15, -0.1) is 0 Å². The number of amides is 1. The fourth-order valence-corrected chi connectivity index (χ4v) is 4.27. The summed E-state index contributed by atoms with van der Waals surface area (Å²) >= 11 is 0. The zero-order valence-electron chi connectivity index (χ0n) is 13.2. The Morgan fingerprint density at radius 3 is 2.48 bits per heavy atom. The number of carbonyl (C=O) groups is 1. The molecule has 1 heterocycles. The van der Waals surface area contributed by atoms with E-state index >= 15 is 0 Å². The first-order chi connectivity index (χ1) is 10.1. The van der Waals surface area contributed by atoms with E-state index in [0.29, 0.717) is 5.92 Å². The quantitative estimate of drug-likeness (QED) is 0.876. The molecule has 1 aromatic heterocycles. The van der Waals surface area contributed by atoms with Gasteiger partial charge in [-0.05, 0) is 57.1 Å². The first-order valence-corrected chi connectivity index (χ1v) is 8.36. The summed E-state index contributed by atoms with van der Waals surface area (Å²) in [5.74, 6) is 0.844. The Morgan fingerprint density at radius 1 is 1.19 bits per heavy atom. The van der Waals surface area contributed by atoms with Crippen molar-refractivity contribution in [1.29, 1.82) is 0 Å². The average Bonchev–Trinajstić information content (AvgIpc) is 2.51. The molecule has 0 atom stereocenters. The number of pyridine rings is 1. The SMILES string of the molecule is Cc1cc(NC(=O)C23CCCCC2CCCC3)cnc1C. The summed E-state index contributed by atoms with van der Waals surface area (Å²) in [5, 5.41) is 3.17. The van der Waals surface area contributed by atoms with Gasteiger partial charge in [0, 0.05) is 5.69 Å². The molecule has 0 aromatic carbocycles. The van der Waals surface area contributed by atoms with Crippen LogP contribution in [0.1, 0.15) is 62.6 Å². The molecule has 114 valence electrons. The topological polar surface area (TPSA) is 42.0 Å². The Balaban J connectivity index is 1.80. The summed E-state index contributed by atoms with van der Waals surface area (Å²) in [4.78, 5) is 17.3. The van der Waals surface area contributed by atoms with E-state index in [1.165, 1.54) is 38.5 Å². The summed E-state index contributed by atoms with van der Waals surface area (Å²) < 4.78 is 0. The van der Waals surface area contributed by atoms with Crippen molar-refractivity contribution >= 4 is 11.6 Å². The third kappa shape index (κ3) is 2.70. The van der Waals surface area contributed by atoms with Crippen LogP contribution in [0, 0.1) is 25.2 Å². The molecule has 2 aliphatic rings. The van der Waals surface area contributed by atoms with Crippen molar-refractivity contribution in [2.75, 3.05) is 5.32 Å². The standard InChI is InChI=1S/C18H26N2O/c1-13-11-16(12-19-14(13)2)20-17(21)18-9-5-3-7-15(18)8-4-6-10-18/h11-12,15H,3-10H2,1-2H3,(H,20,21). The van der Waals surface area contributed by atoms with Gasteiger partial charge in [0.05, 0.1) is 17.3 Å². The van der Waals surface area contributed by atoms with Crippen molar-refractivity contribution in [2.45, 2.75) is 65.2 Å². The van der Waals surface area contributed by atoms with Gasteiger partial charge >= 0.3 is 0 Å². The van der Waals surface area contributed by atoms with E-state index in [2.05, 4.69) is 10.3 Å². The molecule has 1 N–H and O–H groups in total. The third-order valence-electron chi connectivity index (χ3n) is 5.68. The van der Waals surface area contributed by atoms with Crippen molar-refractivity contribution in [2.24, 2.45) is 11.3 Å². The van der Waals surface area contributed by atoms with Crippen molar-refractivity contribution < 1.29 is 4.79 Å². The number of aromatic nitrogens is 1. The summed E-state index contributed by atoms with van der Waals surface area (Å²) in [6.07, 6.45) is 11.4. The molecular weight excluding hydrogens is 260 g/mol. The Labute approximate surface area is 127 Å². The molecule has 3 nitrogen and oxygen atoms in total. The molecule has 0 aliphatic heterocycles. The van der Waals surface area contributed by atoms with Crippen LogP contribution in [-0.2, 0) is 4.79 Å². The monoisotopic (exact) mass is 286 g/mol. The number of anilines is 1. The fourth-order valence-electron chi connectivity index (χ4n) is 4.27. The number of aryl methyl sites for hydroxylation is 2. The van der Waals surface area contributed by atoms with Crippen LogP contribution in [0.15, 0.2) is 12.3 Å². The smallest absolute Gasteiger partial charge is 0.230 e. The Morgan fingerprint density at radius 2 is 1.86 bits per heavy atom. The summed E-state index contributed by atoms with van der Waals surface area (Å²) in [5.41, 5.74) is 2.91. The van der Waals surface area contributed by atoms with Crippen LogP contribution >= 0.6 is 0 Å². The van der Waals surface area contributed by atoms with Gasteiger partial charge in [0.2, 0.25) is 5.91 Å². The van der Waals surface area contributed by atoms with Gasteiger partial charge in [-0.25, -0.2) is 0 Å². The lowest BCUT2D eigenvalue weighted by molar-refractivity contribution is -0.133. The zero-order chi connectivity index (χ0) is 14.9. The predicted octanol–water partition coefficient (Wildman–Crippen LogP) is 4.39. The zero-order valence-corrected chi connectivity index (χ0v) is 13.2. The molecule has 21 heavy (non-hydrogen) atoms. The Hall–Kier alpha value is -1.38. The molecule has 0 spiro atoms. The molecule has 1 aromatic rings. The normalized spacial score (nSPS) is 28.8. The second kappa shape index (κ2) is 5.78. The van der Waals surface area contributed by atoms with Crippen LogP contribution in [-0.4, -0.2) is 10.9 Å². The number of nitrogens with one attached hydrogen (secondary N) is 1. The van der Waals surface area contributed by atoms with Crippen molar-refractivity contribution in [3.05, 3.63) is 23.5 Å². The highest BCUT2D eigenvalue weighted by Gasteiger charge is 2.47. The van der Waals surface area contributed by atoms with E-state index in [1.807, 2.05) is 19.9 Å².